The van der Waals surface area contributed by atoms with E-state index >= 15 is 0 Å². The molecule has 0 aliphatic rings. The number of hydrogen-bond donors (Lipinski definition) is 0. The first-order valence-corrected chi connectivity index (χ1v) is 17.1. The Bertz CT molecular complexity index is 855. The van der Waals surface area contributed by atoms with Crippen LogP contribution in [0.5, 0.6) is 0 Å². The van der Waals surface area contributed by atoms with Crippen molar-refractivity contribution in [2.75, 3.05) is 4.90 Å². The van der Waals surface area contributed by atoms with E-state index in [2.05, 4.69) is 124 Å². The second-order valence-corrected chi connectivity index (χ2v) is 19.9. The van der Waals surface area contributed by atoms with Gasteiger partial charge >= 0.3 is 0 Å². The van der Waals surface area contributed by atoms with Gasteiger partial charge in [0.15, 0.2) is 0 Å². The highest BCUT2D eigenvalue weighted by Gasteiger charge is 2.19. The van der Waals surface area contributed by atoms with Crippen molar-refractivity contribution >= 4 is 43.6 Å². The Morgan fingerprint density at radius 2 is 0.750 bits per heavy atom. The molecule has 0 aliphatic carbocycles. The van der Waals surface area contributed by atoms with Crippen molar-refractivity contribution in [3.63, 3.8) is 0 Å². The number of rotatable bonds is 5. The highest BCUT2D eigenvalue weighted by Crippen LogP contribution is 2.34. The predicted molar refractivity (Wildman–Crippen MR) is 132 cm³/mol. The Morgan fingerprint density at radius 3 is 1.04 bits per heavy atom. The highest BCUT2D eigenvalue weighted by molar-refractivity contribution is 6.89. The van der Waals surface area contributed by atoms with Gasteiger partial charge in [-0.1, -0.05) is 91.6 Å². The van der Waals surface area contributed by atoms with Crippen molar-refractivity contribution in [1.29, 1.82) is 0 Å². The van der Waals surface area contributed by atoms with Crippen LogP contribution < -0.4 is 15.3 Å². The minimum absolute atomic E-state index is 1.20. The molecular weight excluding hydrogens is 370 g/mol. The molecule has 0 radical (unpaired) electrons. The number of nitrogens with zero attached hydrogens (tertiary/aromatic N) is 1. The van der Waals surface area contributed by atoms with Crippen LogP contribution in [0, 0.1) is 6.92 Å². The van der Waals surface area contributed by atoms with Crippen LogP contribution in [0.15, 0.2) is 72.8 Å². The maximum Gasteiger partial charge on any atom is 0.0775 e. The Hall–Kier alpha value is -2.11. The zero-order valence-corrected chi connectivity index (χ0v) is 20.4. The molecule has 0 heterocycles. The Morgan fingerprint density at radius 1 is 0.464 bits per heavy atom. The van der Waals surface area contributed by atoms with E-state index in [4.69, 9.17) is 0 Å². The molecule has 3 heteroatoms. The molecule has 146 valence electrons. The summed E-state index contributed by atoms with van der Waals surface area (Å²) in [4.78, 5) is 2.36. The van der Waals surface area contributed by atoms with Crippen molar-refractivity contribution in [3.8, 4) is 0 Å². The third-order valence-electron chi connectivity index (χ3n) is 5.28. The van der Waals surface area contributed by atoms with Gasteiger partial charge in [-0.2, -0.15) is 0 Å². The fourth-order valence-corrected chi connectivity index (χ4v) is 5.70. The summed E-state index contributed by atoms with van der Waals surface area (Å²) in [5.41, 5.74) is 4.91. The van der Waals surface area contributed by atoms with Crippen molar-refractivity contribution in [2.45, 2.75) is 46.2 Å². The fraction of sp³-hybridized carbons (Fsp3) is 0.280. The lowest BCUT2D eigenvalue weighted by Crippen LogP contribution is -2.37. The first-order chi connectivity index (χ1) is 13.1. The number of anilines is 3. The lowest BCUT2D eigenvalue weighted by Gasteiger charge is -2.27. The molecule has 0 spiro atoms. The molecule has 0 atom stereocenters. The lowest BCUT2D eigenvalue weighted by atomic mass is 10.1. The largest absolute Gasteiger partial charge is 0.311 e. The van der Waals surface area contributed by atoms with E-state index < -0.39 is 16.1 Å². The summed E-state index contributed by atoms with van der Waals surface area (Å²) in [5, 5.41) is 2.99. The summed E-state index contributed by atoms with van der Waals surface area (Å²) in [6.07, 6.45) is 0. The maximum atomic E-state index is 2.40. The van der Waals surface area contributed by atoms with Gasteiger partial charge in [0.2, 0.25) is 0 Å². The zero-order valence-electron chi connectivity index (χ0n) is 18.4. The molecule has 0 bridgehead atoms. The SMILES string of the molecule is Cc1ccc(N(c2ccc([Si](C)(C)C)cc2)c2ccc([Si](C)(C)C)cc2)cc1. The van der Waals surface area contributed by atoms with E-state index in [1.807, 2.05) is 0 Å². The monoisotopic (exact) mass is 403 g/mol. The third-order valence-corrected chi connectivity index (χ3v) is 9.41. The molecule has 0 aliphatic heterocycles. The van der Waals surface area contributed by atoms with Crippen LogP contribution in [0.25, 0.3) is 0 Å². The van der Waals surface area contributed by atoms with E-state index in [1.165, 1.54) is 33.0 Å². The summed E-state index contributed by atoms with van der Waals surface area (Å²) in [6, 6.07) is 27.2. The van der Waals surface area contributed by atoms with Gasteiger partial charge in [0.1, 0.15) is 0 Å². The molecule has 0 saturated heterocycles. The molecule has 0 fully saturated rings. The average molecular weight is 404 g/mol. The number of benzene rings is 3. The minimum atomic E-state index is -1.30. The first-order valence-electron chi connectivity index (χ1n) is 10.1. The summed E-state index contributed by atoms with van der Waals surface area (Å²) in [6.45, 7) is 16.5. The standard InChI is InChI=1S/C25H33NSi2/c1-20-8-10-21(11-9-20)26(22-12-16-24(17-13-22)27(2,3)4)23-14-18-25(19-15-23)28(5,6)7/h8-19H,1-7H3. The Labute approximate surface area is 173 Å². The lowest BCUT2D eigenvalue weighted by molar-refractivity contribution is 1.28. The summed E-state index contributed by atoms with van der Waals surface area (Å²) in [7, 11) is -2.60. The topological polar surface area (TPSA) is 3.24 Å². The van der Waals surface area contributed by atoms with Crippen LogP contribution in [-0.4, -0.2) is 16.1 Å². The van der Waals surface area contributed by atoms with E-state index in [0.29, 0.717) is 0 Å². The van der Waals surface area contributed by atoms with Gasteiger partial charge in [-0.25, -0.2) is 0 Å². The molecule has 28 heavy (non-hydrogen) atoms. The quantitative estimate of drug-likeness (QED) is 0.436. The van der Waals surface area contributed by atoms with Gasteiger partial charge in [0, 0.05) is 17.1 Å². The van der Waals surface area contributed by atoms with Gasteiger partial charge in [-0.15, -0.1) is 0 Å². The summed E-state index contributed by atoms with van der Waals surface area (Å²) in [5.74, 6) is 0. The van der Waals surface area contributed by atoms with Crippen molar-refractivity contribution in [2.24, 2.45) is 0 Å². The van der Waals surface area contributed by atoms with E-state index in [9.17, 15) is 0 Å². The summed E-state index contributed by atoms with van der Waals surface area (Å²) < 4.78 is 0. The molecule has 0 saturated carbocycles. The van der Waals surface area contributed by atoms with Crippen molar-refractivity contribution < 1.29 is 0 Å². The van der Waals surface area contributed by atoms with Gasteiger partial charge in [0.05, 0.1) is 16.1 Å². The van der Waals surface area contributed by atoms with Crippen LogP contribution >= 0.6 is 0 Å². The second kappa shape index (κ2) is 7.72. The molecule has 0 unspecified atom stereocenters. The van der Waals surface area contributed by atoms with Crippen molar-refractivity contribution in [1.82, 2.24) is 0 Å². The van der Waals surface area contributed by atoms with Crippen LogP contribution in [0.1, 0.15) is 5.56 Å². The first kappa shape index (κ1) is 20.6. The van der Waals surface area contributed by atoms with E-state index in [-0.39, 0.29) is 0 Å². The molecule has 1 nitrogen and oxygen atoms in total. The van der Waals surface area contributed by atoms with Crippen LogP contribution in [0.2, 0.25) is 39.3 Å². The number of aryl methyl sites for hydroxylation is 1. The van der Waals surface area contributed by atoms with E-state index in [0.717, 1.165) is 0 Å². The van der Waals surface area contributed by atoms with E-state index in [1.54, 1.807) is 0 Å². The van der Waals surface area contributed by atoms with Gasteiger partial charge in [0.25, 0.3) is 0 Å². The predicted octanol–water partition coefficient (Wildman–Crippen LogP) is 6.56. The van der Waals surface area contributed by atoms with Crippen LogP contribution in [0.3, 0.4) is 0 Å². The smallest absolute Gasteiger partial charge is 0.0775 e. The fourth-order valence-electron chi connectivity index (χ4n) is 3.36. The molecule has 3 aromatic rings. The highest BCUT2D eigenvalue weighted by atomic mass is 28.3. The Kier molecular flexibility index (Phi) is 5.69. The Balaban J connectivity index is 2.06. The van der Waals surface area contributed by atoms with Crippen LogP contribution in [0.4, 0.5) is 17.1 Å². The van der Waals surface area contributed by atoms with Crippen molar-refractivity contribution in [3.05, 3.63) is 78.4 Å². The average Bonchev–Trinajstić information content (AvgIpc) is 2.63. The second-order valence-electron chi connectivity index (χ2n) is 9.76. The normalized spacial score (nSPS) is 12.1. The molecule has 3 rings (SSSR count). The van der Waals surface area contributed by atoms with Gasteiger partial charge < -0.3 is 4.90 Å². The minimum Gasteiger partial charge on any atom is -0.311 e. The maximum absolute atomic E-state index is 2.40. The van der Waals surface area contributed by atoms with Crippen LogP contribution in [-0.2, 0) is 0 Å². The van der Waals surface area contributed by atoms with Gasteiger partial charge in [-0.05, 0) is 43.3 Å². The molecule has 3 aromatic carbocycles. The summed E-state index contributed by atoms with van der Waals surface area (Å²) >= 11 is 0. The zero-order chi connectivity index (χ0) is 20.5. The molecule has 0 N–H and O–H groups in total. The molecular formula is C25H33NSi2. The number of hydrogen-bond acceptors (Lipinski definition) is 1. The molecule has 0 amide bonds. The third kappa shape index (κ3) is 4.65. The molecule has 0 aromatic heterocycles. The van der Waals surface area contributed by atoms with Gasteiger partial charge in [-0.3, -0.25) is 0 Å².